The molecule has 1 aliphatic carbocycles. The fourth-order valence-corrected chi connectivity index (χ4v) is 9.87. The van der Waals surface area contributed by atoms with Crippen LogP contribution in [0.1, 0.15) is 95.6 Å². The van der Waals surface area contributed by atoms with E-state index in [0.717, 1.165) is 61.4 Å². The summed E-state index contributed by atoms with van der Waals surface area (Å²) in [5, 5.41) is 5.76. The highest BCUT2D eigenvalue weighted by atomic mass is 35.5. The number of hydrogen-bond donors (Lipinski definition) is 2. The van der Waals surface area contributed by atoms with Gasteiger partial charge < -0.3 is 4.90 Å². The quantitative estimate of drug-likeness (QED) is 0.0419. The molecule has 298 valence electrons. The molecule has 2 N–H and O–H groups in total. The summed E-state index contributed by atoms with van der Waals surface area (Å²) >= 11 is 7.26. The summed E-state index contributed by atoms with van der Waals surface area (Å²) in [4.78, 5) is 2.41. The lowest BCUT2D eigenvalue weighted by Crippen LogP contribution is -2.35. The summed E-state index contributed by atoms with van der Waals surface area (Å²) in [6.45, 7) is 10.0. The normalized spacial score (nSPS) is 16.5. The van der Waals surface area contributed by atoms with Gasteiger partial charge in [-0.2, -0.15) is 21.4 Å². The highest BCUT2D eigenvalue weighted by Gasteiger charge is 2.26. The molecule has 5 rings (SSSR count). The maximum absolute atomic E-state index is 11.4. The third-order valence-corrected chi connectivity index (χ3v) is 13.7. The van der Waals surface area contributed by atoms with Crippen molar-refractivity contribution in [2.24, 2.45) is 5.92 Å². The Kier molecular flexibility index (Phi) is 15.0. The molecule has 11 heteroatoms. The number of unbranched alkanes of at least 4 members (excludes halogenated alkanes) is 2. The maximum Gasteiger partial charge on any atom is 0.264 e. The van der Waals surface area contributed by atoms with Crippen LogP contribution < -0.4 is 4.90 Å². The summed E-state index contributed by atoms with van der Waals surface area (Å²) in [7, 11) is -8.01. The van der Waals surface area contributed by atoms with E-state index in [4.69, 9.17) is 11.6 Å². The number of benzene rings is 4. The number of nitrogens with zero attached hydrogens (tertiary/aromatic N) is 2. The zero-order valence-corrected chi connectivity index (χ0v) is 35.2. The molecule has 0 heterocycles. The molecule has 0 saturated heterocycles. The molecule has 0 spiro atoms. The Morgan fingerprint density at radius 3 is 2.09 bits per heavy atom. The minimum atomic E-state index is -4.01. The van der Waals surface area contributed by atoms with Crippen LogP contribution in [0.15, 0.2) is 83.4 Å². The van der Waals surface area contributed by atoms with Gasteiger partial charge in [-0.25, -0.2) is 0 Å². The van der Waals surface area contributed by atoms with Gasteiger partial charge in [0.05, 0.1) is 11.5 Å². The van der Waals surface area contributed by atoms with Crippen LogP contribution in [0.3, 0.4) is 0 Å². The van der Waals surface area contributed by atoms with Crippen molar-refractivity contribution in [1.82, 2.24) is 0 Å². The lowest BCUT2D eigenvalue weighted by atomic mass is 9.84. The highest BCUT2D eigenvalue weighted by molar-refractivity contribution is 7.86. The molecule has 4 aromatic carbocycles. The second kappa shape index (κ2) is 19.2. The largest absolute Gasteiger partial charge is 0.369 e. The van der Waals surface area contributed by atoms with Gasteiger partial charge in [0, 0.05) is 54.7 Å². The van der Waals surface area contributed by atoms with Crippen molar-refractivity contribution in [2.75, 3.05) is 29.5 Å². The van der Waals surface area contributed by atoms with E-state index in [9.17, 15) is 25.9 Å². The van der Waals surface area contributed by atoms with Gasteiger partial charge in [0.2, 0.25) is 5.69 Å². The Labute approximate surface area is 333 Å². The Balaban J connectivity index is 1.31. The number of allylic oxidation sites excluding steroid dienone is 2. The number of aryl methyl sites for hydroxylation is 2. The fourth-order valence-electron chi connectivity index (χ4n) is 8.33. The second-order valence-electron chi connectivity index (χ2n) is 15.4. The first-order valence-corrected chi connectivity index (χ1v) is 23.3. The third kappa shape index (κ3) is 11.9. The van der Waals surface area contributed by atoms with Crippen LogP contribution in [0.2, 0.25) is 0 Å². The molecule has 0 radical (unpaired) electrons. The molecule has 4 aromatic rings. The summed E-state index contributed by atoms with van der Waals surface area (Å²) in [5.74, 6) is -0.194. The molecule has 55 heavy (non-hydrogen) atoms. The van der Waals surface area contributed by atoms with Crippen LogP contribution >= 0.6 is 11.6 Å². The van der Waals surface area contributed by atoms with Gasteiger partial charge in [-0.15, -0.1) is 0 Å². The van der Waals surface area contributed by atoms with E-state index in [0.29, 0.717) is 38.8 Å². The van der Waals surface area contributed by atoms with Crippen LogP contribution in [0.5, 0.6) is 0 Å². The summed E-state index contributed by atoms with van der Waals surface area (Å²) < 4.78 is 66.7. The topological polar surface area (TPSA) is 115 Å². The third-order valence-electron chi connectivity index (χ3n) is 11.5. The van der Waals surface area contributed by atoms with E-state index in [2.05, 4.69) is 97.8 Å². The lowest BCUT2D eigenvalue weighted by molar-refractivity contribution is -0.443. The molecule has 0 saturated carbocycles. The van der Waals surface area contributed by atoms with E-state index >= 15 is 0 Å². The zero-order chi connectivity index (χ0) is 39.8. The molecule has 0 aromatic heterocycles. The number of hydrogen-bond acceptors (Lipinski definition) is 5. The molecule has 0 amide bonds. The van der Waals surface area contributed by atoms with Crippen molar-refractivity contribution in [3.63, 3.8) is 0 Å². The van der Waals surface area contributed by atoms with Crippen LogP contribution in [-0.4, -0.2) is 66.9 Å². The maximum atomic E-state index is 11.4. The Hall–Kier alpha value is -3.28. The molecule has 1 aliphatic rings. The number of anilines is 1. The Morgan fingerprint density at radius 1 is 0.836 bits per heavy atom. The van der Waals surface area contributed by atoms with Gasteiger partial charge in [0.25, 0.3) is 20.2 Å². The predicted molar refractivity (Wildman–Crippen MR) is 230 cm³/mol. The molecule has 2 unspecified atom stereocenters. The van der Waals surface area contributed by atoms with Crippen molar-refractivity contribution < 1.29 is 30.5 Å². The first-order chi connectivity index (χ1) is 26.1. The monoisotopic (exact) mass is 809 g/mol. The number of rotatable bonds is 19. The van der Waals surface area contributed by atoms with Crippen molar-refractivity contribution in [1.29, 1.82) is 0 Å². The van der Waals surface area contributed by atoms with Gasteiger partial charge in [0.15, 0.2) is 5.71 Å². The first kappa shape index (κ1) is 42.9. The van der Waals surface area contributed by atoms with E-state index in [-0.39, 0.29) is 23.5 Å². The molecule has 0 aliphatic heterocycles. The fraction of sp³-hybridized carbons (Fsp3) is 0.477. The van der Waals surface area contributed by atoms with Gasteiger partial charge in [-0.3, -0.25) is 9.11 Å². The van der Waals surface area contributed by atoms with E-state index in [1.807, 2.05) is 12.1 Å². The molecule has 8 nitrogen and oxygen atoms in total. The van der Waals surface area contributed by atoms with Crippen molar-refractivity contribution in [2.45, 2.75) is 104 Å². The summed E-state index contributed by atoms with van der Waals surface area (Å²) in [6, 6.07) is 25.5. The van der Waals surface area contributed by atoms with Gasteiger partial charge in [-0.05, 0) is 124 Å². The molecule has 0 bridgehead atoms. The highest BCUT2D eigenvalue weighted by Crippen LogP contribution is 2.39. The van der Waals surface area contributed by atoms with Gasteiger partial charge >= 0.3 is 0 Å². The van der Waals surface area contributed by atoms with Crippen molar-refractivity contribution in [3.05, 3.63) is 94.5 Å². The van der Waals surface area contributed by atoms with Crippen LogP contribution in [-0.2, 0) is 20.2 Å². The lowest BCUT2D eigenvalue weighted by Gasteiger charge is -2.35. The first-order valence-electron chi connectivity index (χ1n) is 19.7. The van der Waals surface area contributed by atoms with Crippen LogP contribution in [0.25, 0.3) is 21.5 Å². The number of halogens is 1. The minimum absolute atomic E-state index is 0.190. The Bertz CT molecular complexity index is 2250. The Morgan fingerprint density at radius 2 is 1.44 bits per heavy atom. The molecule has 0 fully saturated rings. The van der Waals surface area contributed by atoms with Gasteiger partial charge in [0.1, 0.15) is 6.54 Å². The molecular weight excluding hydrogens is 752 g/mol. The van der Waals surface area contributed by atoms with Crippen LogP contribution in [0.4, 0.5) is 11.4 Å². The van der Waals surface area contributed by atoms with Crippen molar-refractivity contribution in [3.8, 4) is 0 Å². The molecular formula is C44H58ClN2O6S2+. The smallest absolute Gasteiger partial charge is 0.264 e. The average molecular weight is 811 g/mol. The standard InChI is InChI=1S/C44H57ClN2O6S2/c1-32(46(28-9-11-30-54(48,49)50)42-26-24-36-14-5-7-18-40(36)34(42)3)20-22-38-16-13-17-39(44(38)45)23-21-33(2)47(29-10-12-31-55(51,52)53)43-27-25-37-15-6-8-19-41(37)35(43)4/h5-8,14-15,18-19,24-27,32,38H,9-13,16-17,20-23,28-31H2,1-4H3,(H-,48,49,50,51,52,53)/p+1/b47-33+. The molecule has 2 atom stereocenters. The number of fused-ring (bicyclic) bond motifs is 2. The average Bonchev–Trinajstić information content (AvgIpc) is 3.14. The van der Waals surface area contributed by atoms with Gasteiger partial charge in [-0.1, -0.05) is 71.8 Å². The zero-order valence-electron chi connectivity index (χ0n) is 32.8. The predicted octanol–water partition coefficient (Wildman–Crippen LogP) is 10.8. The van der Waals surface area contributed by atoms with E-state index in [1.165, 1.54) is 44.0 Å². The second-order valence-corrected chi connectivity index (χ2v) is 18.9. The summed E-state index contributed by atoms with van der Waals surface area (Å²) in [5.41, 5.74) is 7.17. The summed E-state index contributed by atoms with van der Waals surface area (Å²) in [6.07, 6.45) is 8.77. The van der Waals surface area contributed by atoms with E-state index < -0.39 is 20.2 Å². The van der Waals surface area contributed by atoms with Crippen LogP contribution in [0, 0.1) is 19.8 Å². The SMILES string of the molecule is C/C(CCC1=C(Cl)C(CCC(C)N(CCCCS(=O)(=O)O)c2ccc3ccccc3c2C)CCC1)=[N+](/CCCCS(=O)(=O)O)c1ccc2ccccc2c1C. The minimum Gasteiger partial charge on any atom is -0.369 e. The van der Waals surface area contributed by atoms with E-state index in [1.54, 1.807) is 0 Å². The van der Waals surface area contributed by atoms with Crippen molar-refractivity contribution >= 4 is 70.5 Å².